The fraction of sp³-hybridized carbons (Fsp3) is 0.560. The highest BCUT2D eigenvalue weighted by Gasteiger charge is 2.29. The molecule has 1 aromatic carbocycles. The lowest BCUT2D eigenvalue weighted by Gasteiger charge is -2.17. The number of nitrogens with zero attached hydrogens (tertiary/aromatic N) is 2. The summed E-state index contributed by atoms with van der Waals surface area (Å²) in [6.45, 7) is 11.6. The molecular weight excluding hydrogens is 576 g/mol. The Morgan fingerprint density at radius 1 is 1.18 bits per heavy atom. The van der Waals surface area contributed by atoms with Gasteiger partial charge in [0.25, 0.3) is 3.79 Å². The van der Waals surface area contributed by atoms with Crippen molar-refractivity contribution in [2.45, 2.75) is 69.5 Å². The number of hydrogen-bond acceptors (Lipinski definition) is 7. The molecule has 1 N–H and O–H groups in total. The highest BCUT2D eigenvalue weighted by molar-refractivity contribution is 6.76. The first kappa shape index (κ1) is 32.4. The topological polar surface area (TPSA) is 95.7 Å². The second-order valence-electron chi connectivity index (χ2n) is 9.79. The van der Waals surface area contributed by atoms with Gasteiger partial charge in [-0.3, -0.25) is 5.41 Å². The Labute approximate surface area is 239 Å². The van der Waals surface area contributed by atoms with E-state index in [0.29, 0.717) is 25.1 Å². The van der Waals surface area contributed by atoms with Gasteiger partial charge in [-0.2, -0.15) is 5.10 Å². The first-order valence-electron chi connectivity index (χ1n) is 12.2. The average molecular weight is 611 g/mol. The van der Waals surface area contributed by atoms with Gasteiger partial charge >= 0.3 is 5.97 Å². The monoisotopic (exact) mass is 609 g/mol. The molecule has 0 radical (unpaired) electrons. The summed E-state index contributed by atoms with van der Waals surface area (Å²) < 4.78 is 35.8. The predicted molar refractivity (Wildman–Crippen MR) is 150 cm³/mol. The van der Waals surface area contributed by atoms with Crippen LogP contribution in [0.2, 0.25) is 25.7 Å². The summed E-state index contributed by atoms with van der Waals surface area (Å²) in [6, 6.07) is 4.86. The largest absolute Gasteiger partial charge is 0.490 e. The zero-order valence-corrected chi connectivity index (χ0v) is 25.6. The van der Waals surface area contributed by atoms with E-state index < -0.39 is 29.6 Å². The lowest BCUT2D eigenvalue weighted by atomic mass is 10.1. The number of ether oxygens (including phenoxy) is 4. The first-order chi connectivity index (χ1) is 17.7. The van der Waals surface area contributed by atoms with Gasteiger partial charge in [0, 0.05) is 14.7 Å². The van der Waals surface area contributed by atoms with Crippen LogP contribution in [-0.2, 0) is 34.0 Å². The molecule has 1 heterocycles. The third-order valence-corrected chi connectivity index (χ3v) is 7.68. The number of rotatable bonds is 14. The summed E-state index contributed by atoms with van der Waals surface area (Å²) in [5.74, 6) is -1.65. The second kappa shape index (κ2) is 14.5. The molecule has 0 aliphatic rings. The number of aryl methyl sites for hydroxylation is 1. The van der Waals surface area contributed by atoms with E-state index in [1.165, 1.54) is 18.2 Å². The number of aromatic nitrogens is 2. The average Bonchev–Trinajstić information content (AvgIpc) is 3.11. The van der Waals surface area contributed by atoms with Crippen LogP contribution in [-0.4, -0.2) is 53.3 Å². The molecule has 0 unspecified atom stereocenters. The summed E-state index contributed by atoms with van der Waals surface area (Å²) >= 11 is 17.3. The van der Waals surface area contributed by atoms with Gasteiger partial charge in [-0.1, -0.05) is 54.4 Å². The SMILES string of the molecule is CCOC(=O)c1ccc(F)c(OCCCc2c(C)nn(COCC[Si](C)(C)C)c2COC(=N)C(Cl)(Cl)Cl)c1. The Bertz CT molecular complexity index is 1100. The van der Waals surface area contributed by atoms with Crippen molar-refractivity contribution < 1.29 is 28.1 Å². The van der Waals surface area contributed by atoms with Gasteiger partial charge in [-0.05, 0) is 56.5 Å². The van der Waals surface area contributed by atoms with Gasteiger partial charge in [0.15, 0.2) is 11.6 Å². The zero-order chi connectivity index (χ0) is 28.5. The quantitative estimate of drug-likeness (QED) is 0.0639. The number of hydrogen-bond donors (Lipinski definition) is 1. The van der Waals surface area contributed by atoms with Crippen molar-refractivity contribution in [1.82, 2.24) is 9.78 Å². The molecule has 212 valence electrons. The van der Waals surface area contributed by atoms with Crippen LogP contribution in [0.4, 0.5) is 4.39 Å². The maximum absolute atomic E-state index is 14.2. The van der Waals surface area contributed by atoms with E-state index in [2.05, 4.69) is 24.7 Å². The molecule has 0 aliphatic carbocycles. The lowest BCUT2D eigenvalue weighted by molar-refractivity contribution is 0.0525. The summed E-state index contributed by atoms with van der Waals surface area (Å²) in [7, 11) is -1.25. The number of nitrogens with one attached hydrogen (secondary N) is 1. The van der Waals surface area contributed by atoms with Crippen LogP contribution in [0.1, 0.15) is 40.7 Å². The molecular formula is C25H35Cl3FN3O5Si. The second-order valence-corrected chi connectivity index (χ2v) is 17.7. The zero-order valence-electron chi connectivity index (χ0n) is 22.3. The maximum atomic E-state index is 14.2. The Morgan fingerprint density at radius 3 is 2.53 bits per heavy atom. The van der Waals surface area contributed by atoms with Gasteiger partial charge in [0.05, 0.1) is 30.2 Å². The standard InChI is InChI=1S/C25H35Cl3FN3O5Si/c1-6-35-23(33)18-9-10-20(29)22(14-18)36-11-7-8-19-17(2)31-32(16-34-12-13-38(3,4)5)21(19)15-37-24(30)25(26,27)28/h9-10,14,30H,6-8,11-13,15-16H2,1-5H3. The van der Waals surface area contributed by atoms with Crippen LogP contribution in [0.5, 0.6) is 5.75 Å². The minimum Gasteiger partial charge on any atom is -0.490 e. The van der Waals surface area contributed by atoms with E-state index in [4.69, 9.17) is 59.2 Å². The Morgan fingerprint density at radius 2 is 1.89 bits per heavy atom. The van der Waals surface area contributed by atoms with E-state index in [0.717, 1.165) is 17.3 Å². The molecule has 0 spiro atoms. The van der Waals surface area contributed by atoms with Crippen LogP contribution in [0.3, 0.4) is 0 Å². The molecule has 0 fully saturated rings. The first-order valence-corrected chi connectivity index (χ1v) is 17.1. The van der Waals surface area contributed by atoms with Gasteiger partial charge in [-0.25, -0.2) is 13.9 Å². The molecule has 0 amide bonds. The summed E-state index contributed by atoms with van der Waals surface area (Å²) in [5.41, 5.74) is 2.53. The molecule has 0 aliphatic heterocycles. The smallest absolute Gasteiger partial charge is 0.338 e. The van der Waals surface area contributed by atoms with Crippen molar-refractivity contribution >= 4 is 54.7 Å². The number of carbonyl (C=O) groups excluding carboxylic acids is 1. The van der Waals surface area contributed by atoms with E-state index in [9.17, 15) is 9.18 Å². The van der Waals surface area contributed by atoms with Gasteiger partial charge in [0.1, 0.15) is 13.3 Å². The van der Waals surface area contributed by atoms with E-state index in [1.54, 1.807) is 11.6 Å². The normalized spacial score (nSPS) is 11.9. The Balaban J connectivity index is 2.09. The third kappa shape index (κ3) is 10.4. The van der Waals surface area contributed by atoms with Gasteiger partial charge < -0.3 is 18.9 Å². The molecule has 8 nitrogen and oxygen atoms in total. The van der Waals surface area contributed by atoms with Gasteiger partial charge in [0.2, 0.25) is 5.90 Å². The number of carbonyl (C=O) groups is 1. The molecule has 13 heteroatoms. The van der Waals surface area contributed by atoms with E-state index in [-0.39, 0.29) is 37.9 Å². The van der Waals surface area contributed by atoms with Crippen molar-refractivity contribution in [2.24, 2.45) is 0 Å². The summed E-state index contributed by atoms with van der Waals surface area (Å²) in [6.07, 6.45) is 1.04. The molecule has 0 bridgehead atoms. The van der Waals surface area contributed by atoms with Crippen molar-refractivity contribution in [2.75, 3.05) is 19.8 Å². The Hall–Kier alpha value is -1.85. The van der Waals surface area contributed by atoms with Crippen LogP contribution < -0.4 is 4.74 Å². The third-order valence-electron chi connectivity index (χ3n) is 5.46. The predicted octanol–water partition coefficient (Wildman–Crippen LogP) is 6.70. The van der Waals surface area contributed by atoms with Crippen molar-refractivity contribution in [3.63, 3.8) is 0 Å². The van der Waals surface area contributed by atoms with E-state index in [1.807, 2.05) is 6.92 Å². The maximum Gasteiger partial charge on any atom is 0.338 e. The summed E-state index contributed by atoms with van der Waals surface area (Å²) in [4.78, 5) is 11.9. The number of alkyl halides is 3. The van der Waals surface area contributed by atoms with Crippen LogP contribution >= 0.6 is 34.8 Å². The summed E-state index contributed by atoms with van der Waals surface area (Å²) in [5, 5.41) is 12.5. The number of halogens is 4. The van der Waals surface area contributed by atoms with Gasteiger partial charge in [-0.15, -0.1) is 0 Å². The fourth-order valence-corrected chi connectivity index (χ4v) is 4.32. The molecule has 2 aromatic rings. The van der Waals surface area contributed by atoms with Crippen LogP contribution in [0, 0.1) is 18.2 Å². The molecule has 0 saturated heterocycles. The lowest BCUT2D eigenvalue weighted by Crippen LogP contribution is -2.23. The molecule has 38 heavy (non-hydrogen) atoms. The molecule has 0 atom stereocenters. The fourth-order valence-electron chi connectivity index (χ4n) is 3.40. The Kier molecular flexibility index (Phi) is 12.4. The number of esters is 1. The minimum absolute atomic E-state index is 0.0292. The highest BCUT2D eigenvalue weighted by atomic mass is 35.6. The highest BCUT2D eigenvalue weighted by Crippen LogP contribution is 2.29. The van der Waals surface area contributed by atoms with Crippen molar-refractivity contribution in [1.29, 1.82) is 5.41 Å². The van der Waals surface area contributed by atoms with Crippen LogP contribution in [0.25, 0.3) is 0 Å². The van der Waals surface area contributed by atoms with E-state index >= 15 is 0 Å². The van der Waals surface area contributed by atoms with Crippen molar-refractivity contribution in [3.05, 3.63) is 46.5 Å². The number of benzene rings is 1. The van der Waals surface area contributed by atoms with Crippen molar-refractivity contribution in [3.8, 4) is 5.75 Å². The molecule has 2 rings (SSSR count). The van der Waals surface area contributed by atoms with Crippen LogP contribution in [0.15, 0.2) is 18.2 Å². The molecule has 0 saturated carbocycles. The molecule has 1 aromatic heterocycles. The minimum atomic E-state index is -1.98.